The number of carbonyl (C=O) groups excluding carboxylic acids is 1. The number of fused-ring (bicyclic) bond motifs is 1. The molecule has 0 aromatic carbocycles. The van der Waals surface area contributed by atoms with Gasteiger partial charge in [-0.15, -0.1) is 0 Å². The maximum Gasteiger partial charge on any atom is 0.324 e. The van der Waals surface area contributed by atoms with Crippen LogP contribution < -0.4 is 5.32 Å². The van der Waals surface area contributed by atoms with Crippen LogP contribution in [0.4, 0.5) is 0 Å². The van der Waals surface area contributed by atoms with Gasteiger partial charge in [0.2, 0.25) is 0 Å². The number of nitrogens with zero attached hydrogens (tertiary/aromatic N) is 2. The molecule has 0 aliphatic carbocycles. The molecule has 2 fully saturated rings. The Morgan fingerprint density at radius 3 is 2.89 bits per heavy atom. The first kappa shape index (κ1) is 13.8. The summed E-state index contributed by atoms with van der Waals surface area (Å²) < 4.78 is 4.82. The summed E-state index contributed by atoms with van der Waals surface area (Å²) in [6, 6.07) is 0.491. The summed E-state index contributed by atoms with van der Waals surface area (Å²) in [5, 5.41) is 3.05. The predicted molar refractivity (Wildman–Crippen MR) is 70.5 cm³/mol. The molecule has 0 bridgehead atoms. The van der Waals surface area contributed by atoms with Gasteiger partial charge < -0.3 is 10.1 Å². The second-order valence-corrected chi connectivity index (χ2v) is 5.31. The second-order valence-electron chi connectivity index (χ2n) is 5.31. The molecule has 0 aromatic rings. The van der Waals surface area contributed by atoms with E-state index in [1.165, 1.54) is 39.5 Å². The lowest BCUT2D eigenvalue weighted by Gasteiger charge is -2.27. The van der Waals surface area contributed by atoms with E-state index < -0.39 is 0 Å². The molecule has 0 spiro atoms. The minimum Gasteiger partial charge on any atom is -0.468 e. The normalized spacial score (nSPS) is 27.6. The van der Waals surface area contributed by atoms with Crippen molar-refractivity contribution in [2.75, 3.05) is 46.9 Å². The van der Waals surface area contributed by atoms with E-state index >= 15 is 0 Å². The Kier molecular flexibility index (Phi) is 4.97. The molecule has 0 amide bonds. The number of hydrogen-bond donors (Lipinski definition) is 1. The quantitative estimate of drug-likeness (QED) is 0.712. The maximum atomic E-state index is 11.6. The summed E-state index contributed by atoms with van der Waals surface area (Å²) in [7, 11) is 3.27. The minimum absolute atomic E-state index is 0.162. The third kappa shape index (κ3) is 3.22. The van der Waals surface area contributed by atoms with Crippen molar-refractivity contribution in [2.45, 2.75) is 31.3 Å². The molecule has 2 heterocycles. The third-order valence-corrected chi connectivity index (χ3v) is 4.16. The summed E-state index contributed by atoms with van der Waals surface area (Å²) in [4.78, 5) is 16.6. The summed E-state index contributed by atoms with van der Waals surface area (Å²) in [6.45, 7) is 5.40. The van der Waals surface area contributed by atoms with Crippen molar-refractivity contribution in [3.8, 4) is 0 Å². The molecule has 0 radical (unpaired) electrons. The SMILES string of the molecule is CNC(CN1CCCN2CCCC2C1)C(=O)OC. The Bertz CT molecular complexity index is 285. The molecule has 2 atom stereocenters. The van der Waals surface area contributed by atoms with Crippen molar-refractivity contribution in [3.05, 3.63) is 0 Å². The van der Waals surface area contributed by atoms with Crippen LogP contribution in [0.3, 0.4) is 0 Å². The highest BCUT2D eigenvalue weighted by atomic mass is 16.5. The largest absolute Gasteiger partial charge is 0.468 e. The molecule has 18 heavy (non-hydrogen) atoms. The van der Waals surface area contributed by atoms with Crippen LogP contribution >= 0.6 is 0 Å². The van der Waals surface area contributed by atoms with E-state index in [0.717, 1.165) is 19.6 Å². The number of rotatable bonds is 4. The first-order valence-electron chi connectivity index (χ1n) is 6.96. The molecule has 2 saturated heterocycles. The number of ether oxygens (including phenoxy) is 1. The van der Waals surface area contributed by atoms with Crippen LogP contribution in [-0.4, -0.2) is 74.7 Å². The van der Waals surface area contributed by atoms with Gasteiger partial charge in [0.1, 0.15) is 6.04 Å². The van der Waals surface area contributed by atoms with Gasteiger partial charge in [-0.05, 0) is 45.9 Å². The molecular formula is C13H25N3O2. The molecule has 2 aliphatic rings. The van der Waals surface area contributed by atoms with Crippen molar-refractivity contribution < 1.29 is 9.53 Å². The van der Waals surface area contributed by atoms with Crippen molar-refractivity contribution in [2.24, 2.45) is 0 Å². The van der Waals surface area contributed by atoms with Gasteiger partial charge >= 0.3 is 5.97 Å². The van der Waals surface area contributed by atoms with Crippen molar-refractivity contribution in [1.82, 2.24) is 15.1 Å². The molecule has 2 aliphatic heterocycles. The number of esters is 1. The van der Waals surface area contributed by atoms with Crippen LogP contribution in [0.25, 0.3) is 0 Å². The van der Waals surface area contributed by atoms with Gasteiger partial charge in [0.25, 0.3) is 0 Å². The number of likely N-dealkylation sites (N-methyl/N-ethyl adjacent to an activating group) is 1. The Hall–Kier alpha value is -0.650. The van der Waals surface area contributed by atoms with E-state index in [1.54, 1.807) is 0 Å². The molecule has 1 N–H and O–H groups in total. The van der Waals surface area contributed by atoms with Gasteiger partial charge in [-0.2, -0.15) is 0 Å². The highest BCUT2D eigenvalue weighted by Crippen LogP contribution is 2.21. The molecule has 0 aromatic heterocycles. The number of methoxy groups -OCH3 is 1. The molecule has 2 unspecified atom stereocenters. The highest BCUT2D eigenvalue weighted by molar-refractivity contribution is 5.75. The lowest BCUT2D eigenvalue weighted by Crippen LogP contribution is -2.47. The monoisotopic (exact) mass is 255 g/mol. The van der Waals surface area contributed by atoms with Crippen LogP contribution in [0.2, 0.25) is 0 Å². The van der Waals surface area contributed by atoms with E-state index in [4.69, 9.17) is 4.74 Å². The molecule has 104 valence electrons. The number of hydrogen-bond acceptors (Lipinski definition) is 5. The lowest BCUT2D eigenvalue weighted by atomic mass is 10.2. The van der Waals surface area contributed by atoms with Gasteiger partial charge in [-0.3, -0.25) is 14.6 Å². The Balaban J connectivity index is 1.89. The van der Waals surface area contributed by atoms with Gasteiger partial charge in [-0.25, -0.2) is 0 Å². The minimum atomic E-state index is -0.206. The molecule has 5 nitrogen and oxygen atoms in total. The molecule has 0 saturated carbocycles. The van der Waals surface area contributed by atoms with Crippen molar-refractivity contribution >= 4 is 5.97 Å². The van der Waals surface area contributed by atoms with Gasteiger partial charge in [0, 0.05) is 19.1 Å². The van der Waals surface area contributed by atoms with E-state index in [9.17, 15) is 4.79 Å². The standard InChI is InChI=1S/C13H25N3O2/c1-14-12(13(17)18-2)10-15-6-4-8-16-7-3-5-11(16)9-15/h11-12,14H,3-10H2,1-2H3. The zero-order valence-electron chi connectivity index (χ0n) is 11.5. The van der Waals surface area contributed by atoms with Crippen LogP contribution in [0.15, 0.2) is 0 Å². The van der Waals surface area contributed by atoms with Crippen LogP contribution in [0.5, 0.6) is 0 Å². The van der Waals surface area contributed by atoms with Gasteiger partial charge in [-0.1, -0.05) is 0 Å². The number of nitrogens with one attached hydrogen (secondary N) is 1. The smallest absolute Gasteiger partial charge is 0.324 e. The summed E-state index contributed by atoms with van der Waals surface area (Å²) in [5.74, 6) is -0.162. The van der Waals surface area contributed by atoms with Crippen LogP contribution in [-0.2, 0) is 9.53 Å². The van der Waals surface area contributed by atoms with Gasteiger partial charge in [0.15, 0.2) is 0 Å². The highest BCUT2D eigenvalue weighted by Gasteiger charge is 2.30. The fourth-order valence-corrected chi connectivity index (χ4v) is 3.13. The van der Waals surface area contributed by atoms with Crippen LogP contribution in [0, 0.1) is 0 Å². The van der Waals surface area contributed by atoms with E-state index in [2.05, 4.69) is 15.1 Å². The molecular weight excluding hydrogens is 230 g/mol. The fraction of sp³-hybridized carbons (Fsp3) is 0.923. The van der Waals surface area contributed by atoms with E-state index in [-0.39, 0.29) is 12.0 Å². The molecule has 5 heteroatoms. The Morgan fingerprint density at radius 1 is 1.39 bits per heavy atom. The Labute approximate surface area is 109 Å². The lowest BCUT2D eigenvalue weighted by molar-refractivity contribution is -0.143. The fourth-order valence-electron chi connectivity index (χ4n) is 3.13. The maximum absolute atomic E-state index is 11.6. The zero-order chi connectivity index (χ0) is 13.0. The average Bonchev–Trinajstić information content (AvgIpc) is 2.73. The van der Waals surface area contributed by atoms with Crippen molar-refractivity contribution in [1.29, 1.82) is 0 Å². The second kappa shape index (κ2) is 6.50. The summed E-state index contributed by atoms with van der Waals surface area (Å²) in [6.07, 6.45) is 3.83. The van der Waals surface area contributed by atoms with E-state index in [0.29, 0.717) is 6.04 Å². The average molecular weight is 255 g/mol. The van der Waals surface area contributed by atoms with Gasteiger partial charge in [0.05, 0.1) is 7.11 Å². The third-order valence-electron chi connectivity index (χ3n) is 4.16. The van der Waals surface area contributed by atoms with E-state index in [1.807, 2.05) is 7.05 Å². The first-order valence-corrected chi connectivity index (χ1v) is 6.96. The first-order chi connectivity index (χ1) is 8.74. The zero-order valence-corrected chi connectivity index (χ0v) is 11.5. The van der Waals surface area contributed by atoms with Crippen LogP contribution in [0.1, 0.15) is 19.3 Å². The van der Waals surface area contributed by atoms with Crippen molar-refractivity contribution in [3.63, 3.8) is 0 Å². The summed E-state index contributed by atoms with van der Waals surface area (Å²) >= 11 is 0. The number of carbonyl (C=O) groups is 1. The molecule has 2 rings (SSSR count). The Morgan fingerprint density at radius 2 is 2.17 bits per heavy atom. The predicted octanol–water partition coefficient (Wildman–Crippen LogP) is -0.0825. The summed E-state index contributed by atoms with van der Waals surface area (Å²) in [5.41, 5.74) is 0. The topological polar surface area (TPSA) is 44.8 Å².